The van der Waals surface area contributed by atoms with E-state index in [0.717, 1.165) is 18.1 Å². The van der Waals surface area contributed by atoms with Crippen LogP contribution in [0, 0.1) is 10.1 Å². The van der Waals surface area contributed by atoms with Gasteiger partial charge in [0.2, 0.25) is 10.0 Å². The molecule has 0 radical (unpaired) electrons. The van der Waals surface area contributed by atoms with E-state index in [1.807, 2.05) is 37.3 Å². The molecule has 0 bridgehead atoms. The summed E-state index contributed by atoms with van der Waals surface area (Å²) in [5.41, 5.74) is 1.07. The summed E-state index contributed by atoms with van der Waals surface area (Å²) < 4.78 is 23.5. The van der Waals surface area contributed by atoms with E-state index in [-0.39, 0.29) is 22.2 Å². The van der Waals surface area contributed by atoms with Crippen molar-refractivity contribution in [3.8, 4) is 0 Å². The Bertz CT molecular complexity index is 822. The van der Waals surface area contributed by atoms with Crippen LogP contribution in [0.2, 0.25) is 0 Å². The van der Waals surface area contributed by atoms with Gasteiger partial charge in [0.25, 0.3) is 5.69 Å². The number of rotatable bonds is 7. The molecule has 2 rings (SSSR count). The van der Waals surface area contributed by atoms with E-state index in [0.29, 0.717) is 6.54 Å². The van der Waals surface area contributed by atoms with Gasteiger partial charge >= 0.3 is 0 Å². The van der Waals surface area contributed by atoms with Gasteiger partial charge in [-0.1, -0.05) is 37.3 Å². The molecule has 0 unspecified atom stereocenters. The molecule has 0 saturated carbocycles. The topological polar surface area (TPSA) is 115 Å². The quantitative estimate of drug-likeness (QED) is 0.589. The molecule has 3 N–H and O–H groups in total. The zero-order valence-electron chi connectivity index (χ0n) is 13.2. The van der Waals surface area contributed by atoms with Gasteiger partial charge in [-0.3, -0.25) is 10.1 Å². The van der Waals surface area contributed by atoms with Crippen LogP contribution in [0.5, 0.6) is 0 Å². The van der Waals surface area contributed by atoms with E-state index in [1.54, 1.807) is 0 Å². The average molecular weight is 349 g/mol. The van der Waals surface area contributed by atoms with Gasteiger partial charge in [-0.05, 0) is 18.1 Å². The lowest BCUT2D eigenvalue weighted by Crippen LogP contribution is -2.18. The lowest BCUT2D eigenvalue weighted by atomic mass is 9.96. The van der Waals surface area contributed by atoms with Gasteiger partial charge in [-0.15, -0.1) is 0 Å². The van der Waals surface area contributed by atoms with Crippen LogP contribution in [0.1, 0.15) is 24.8 Å². The number of benzene rings is 2. The van der Waals surface area contributed by atoms with E-state index in [2.05, 4.69) is 5.32 Å². The molecular weight excluding hydrogens is 330 g/mol. The summed E-state index contributed by atoms with van der Waals surface area (Å²) in [4.78, 5) is 9.90. The standard InChI is InChI=1S/C16H19N3O4S/c1-2-12(13-6-4-3-5-7-13)11-18-15-9-8-14(19(20)21)10-16(15)24(17,22)23/h3-10,12,18H,2,11H2,1H3,(H2,17,22,23)/t12-/m1/s1. The highest BCUT2D eigenvalue weighted by atomic mass is 32.2. The minimum Gasteiger partial charge on any atom is -0.383 e. The van der Waals surface area contributed by atoms with Gasteiger partial charge < -0.3 is 5.32 Å². The molecule has 0 saturated heterocycles. The Balaban J connectivity index is 2.27. The number of nitro groups is 1. The summed E-state index contributed by atoms with van der Waals surface area (Å²) in [6.07, 6.45) is 0.856. The number of nitrogens with two attached hydrogens (primary N) is 1. The highest BCUT2D eigenvalue weighted by Crippen LogP contribution is 2.27. The first-order valence-corrected chi connectivity index (χ1v) is 8.97. The predicted octanol–water partition coefficient (Wildman–Crippen LogP) is 2.85. The minimum absolute atomic E-state index is 0.176. The maximum absolute atomic E-state index is 11.7. The highest BCUT2D eigenvalue weighted by Gasteiger charge is 2.19. The van der Waals surface area contributed by atoms with Crippen LogP contribution < -0.4 is 10.5 Å². The van der Waals surface area contributed by atoms with Gasteiger partial charge in [0.15, 0.2) is 0 Å². The number of nitrogens with one attached hydrogen (secondary N) is 1. The normalized spacial score (nSPS) is 12.6. The summed E-state index contributed by atoms with van der Waals surface area (Å²) in [7, 11) is -4.08. The number of sulfonamides is 1. The summed E-state index contributed by atoms with van der Waals surface area (Å²) in [5, 5.41) is 19.1. The summed E-state index contributed by atoms with van der Waals surface area (Å²) >= 11 is 0. The molecule has 0 aromatic heterocycles. The van der Waals surface area contributed by atoms with Crippen molar-refractivity contribution >= 4 is 21.4 Å². The predicted molar refractivity (Wildman–Crippen MR) is 92.4 cm³/mol. The fourth-order valence-corrected chi connectivity index (χ4v) is 3.19. The third kappa shape index (κ3) is 4.30. The van der Waals surface area contributed by atoms with Crippen molar-refractivity contribution in [3.05, 3.63) is 64.2 Å². The lowest BCUT2D eigenvalue weighted by Gasteiger charge is -2.18. The second-order valence-electron chi connectivity index (χ2n) is 5.38. The number of nitro benzene ring substituents is 1. The van der Waals surface area contributed by atoms with E-state index in [9.17, 15) is 18.5 Å². The van der Waals surface area contributed by atoms with Gasteiger partial charge in [0.1, 0.15) is 4.90 Å². The smallest absolute Gasteiger partial charge is 0.270 e. The van der Waals surface area contributed by atoms with Crippen LogP contribution in [-0.4, -0.2) is 19.9 Å². The number of nitrogens with zero attached hydrogens (tertiary/aromatic N) is 1. The van der Waals surface area contributed by atoms with Crippen LogP contribution in [0.25, 0.3) is 0 Å². The molecule has 0 heterocycles. The SMILES string of the molecule is CC[C@H](CNc1ccc([N+](=O)[O-])cc1S(N)(=O)=O)c1ccccc1. The van der Waals surface area contributed by atoms with Crippen molar-refractivity contribution in [3.63, 3.8) is 0 Å². The summed E-state index contributed by atoms with van der Waals surface area (Å²) in [5.74, 6) is 0.176. The Labute approximate surface area is 140 Å². The maximum Gasteiger partial charge on any atom is 0.270 e. The Morgan fingerprint density at radius 1 is 1.21 bits per heavy atom. The second kappa shape index (κ2) is 7.41. The van der Waals surface area contributed by atoms with E-state index in [1.165, 1.54) is 12.1 Å². The van der Waals surface area contributed by atoms with Gasteiger partial charge in [-0.2, -0.15) is 0 Å². The van der Waals surface area contributed by atoms with E-state index in [4.69, 9.17) is 5.14 Å². The third-order valence-corrected chi connectivity index (χ3v) is 4.74. The van der Waals surface area contributed by atoms with Crippen LogP contribution in [0.15, 0.2) is 53.4 Å². The fraction of sp³-hybridized carbons (Fsp3) is 0.250. The average Bonchev–Trinajstić information content (AvgIpc) is 2.55. The first-order chi connectivity index (χ1) is 11.3. The molecule has 0 aliphatic rings. The molecule has 128 valence electrons. The van der Waals surface area contributed by atoms with Crippen molar-refractivity contribution in [1.29, 1.82) is 0 Å². The summed E-state index contributed by atoms with van der Waals surface area (Å²) in [6, 6.07) is 13.4. The zero-order chi connectivity index (χ0) is 17.7. The first-order valence-electron chi connectivity index (χ1n) is 7.43. The maximum atomic E-state index is 11.7. The van der Waals surface area contributed by atoms with Crippen LogP contribution >= 0.6 is 0 Å². The van der Waals surface area contributed by atoms with Crippen molar-refractivity contribution in [2.24, 2.45) is 5.14 Å². The molecule has 1 atom stereocenters. The lowest BCUT2D eigenvalue weighted by molar-refractivity contribution is -0.385. The molecule has 2 aromatic carbocycles. The van der Waals surface area contributed by atoms with E-state index < -0.39 is 14.9 Å². The highest BCUT2D eigenvalue weighted by molar-refractivity contribution is 7.89. The largest absolute Gasteiger partial charge is 0.383 e. The molecule has 0 aliphatic heterocycles. The van der Waals surface area contributed by atoms with Crippen molar-refractivity contribution in [2.75, 3.05) is 11.9 Å². The minimum atomic E-state index is -4.08. The van der Waals surface area contributed by atoms with Crippen LogP contribution in [-0.2, 0) is 10.0 Å². The van der Waals surface area contributed by atoms with E-state index >= 15 is 0 Å². The van der Waals surface area contributed by atoms with Gasteiger partial charge in [0, 0.05) is 24.6 Å². The van der Waals surface area contributed by atoms with Crippen molar-refractivity contribution in [2.45, 2.75) is 24.2 Å². The Kier molecular flexibility index (Phi) is 5.53. The molecule has 7 nitrogen and oxygen atoms in total. The molecule has 8 heteroatoms. The zero-order valence-corrected chi connectivity index (χ0v) is 14.0. The number of hydrogen-bond acceptors (Lipinski definition) is 5. The van der Waals surface area contributed by atoms with Crippen LogP contribution in [0.4, 0.5) is 11.4 Å². The van der Waals surface area contributed by atoms with Crippen LogP contribution in [0.3, 0.4) is 0 Å². The van der Waals surface area contributed by atoms with Crippen molar-refractivity contribution < 1.29 is 13.3 Å². The molecule has 24 heavy (non-hydrogen) atoms. The Morgan fingerprint density at radius 2 is 1.88 bits per heavy atom. The Hall–Kier alpha value is -2.45. The molecule has 0 amide bonds. The fourth-order valence-electron chi connectivity index (χ4n) is 2.46. The molecule has 0 aliphatic carbocycles. The van der Waals surface area contributed by atoms with Gasteiger partial charge in [-0.25, -0.2) is 13.6 Å². The molecule has 2 aromatic rings. The monoisotopic (exact) mass is 349 g/mol. The summed E-state index contributed by atoms with van der Waals surface area (Å²) in [6.45, 7) is 2.52. The van der Waals surface area contributed by atoms with Gasteiger partial charge in [0.05, 0.1) is 10.6 Å². The molecule has 0 spiro atoms. The van der Waals surface area contributed by atoms with Crippen molar-refractivity contribution in [1.82, 2.24) is 0 Å². The third-order valence-electron chi connectivity index (χ3n) is 3.79. The second-order valence-corrected chi connectivity index (χ2v) is 6.91. The number of hydrogen-bond donors (Lipinski definition) is 2. The molecular formula is C16H19N3O4S. The number of primary sulfonamides is 1. The number of anilines is 1. The molecule has 0 fully saturated rings. The number of non-ortho nitro benzene ring substituents is 1. The Morgan fingerprint density at radius 3 is 2.42 bits per heavy atom. The first kappa shape index (κ1) is 17.9.